The molecule has 0 saturated carbocycles. The lowest BCUT2D eigenvalue weighted by Crippen LogP contribution is -2.45. The molecule has 0 spiro atoms. The van der Waals surface area contributed by atoms with E-state index in [0.29, 0.717) is 41.9 Å². The zero-order valence-corrected chi connectivity index (χ0v) is 30.5. The number of hydrogen-bond acceptors (Lipinski definition) is 12. The number of aromatic nitrogens is 4. The van der Waals surface area contributed by atoms with Crippen molar-refractivity contribution in [2.24, 2.45) is 0 Å². The van der Waals surface area contributed by atoms with Gasteiger partial charge in [-0.05, 0) is 56.1 Å². The van der Waals surface area contributed by atoms with Gasteiger partial charge in [0.15, 0.2) is 16.7 Å². The van der Waals surface area contributed by atoms with Crippen LogP contribution in [0.4, 0.5) is 19.6 Å². The molecule has 2 fully saturated rings. The number of nitrogens with one attached hydrogen (secondary N) is 3. The van der Waals surface area contributed by atoms with Crippen LogP contribution in [0.1, 0.15) is 70.3 Å². The lowest BCUT2D eigenvalue weighted by Gasteiger charge is -2.26. The summed E-state index contributed by atoms with van der Waals surface area (Å²) >= 11 is 1.47. The molecule has 1 unspecified atom stereocenters. The fraction of sp³-hybridized carbons (Fsp3) is 0.514. The van der Waals surface area contributed by atoms with Crippen molar-refractivity contribution in [3.8, 4) is 17.0 Å². The Balaban J connectivity index is 0.814. The molecule has 2 saturated heterocycles. The van der Waals surface area contributed by atoms with Crippen LogP contribution in [0.2, 0.25) is 0 Å². The second kappa shape index (κ2) is 19.0. The van der Waals surface area contributed by atoms with Gasteiger partial charge in [-0.1, -0.05) is 43.7 Å². The van der Waals surface area contributed by atoms with E-state index in [1.165, 1.54) is 30.2 Å². The van der Waals surface area contributed by atoms with Crippen LogP contribution in [0, 0.1) is 11.6 Å². The van der Waals surface area contributed by atoms with Crippen molar-refractivity contribution in [2.75, 3.05) is 62.8 Å². The maximum atomic E-state index is 14.8. The van der Waals surface area contributed by atoms with E-state index < -0.39 is 29.1 Å². The van der Waals surface area contributed by atoms with Crippen molar-refractivity contribution < 1.29 is 27.8 Å². The van der Waals surface area contributed by atoms with Crippen LogP contribution in [0.5, 0.6) is 5.75 Å². The van der Waals surface area contributed by atoms with Gasteiger partial charge in [0.05, 0.1) is 24.3 Å². The fourth-order valence-electron chi connectivity index (χ4n) is 6.47. The number of rotatable bonds is 19. The molecule has 2 aromatic carbocycles. The molecule has 53 heavy (non-hydrogen) atoms. The molecule has 284 valence electrons. The highest BCUT2D eigenvalue weighted by atomic mass is 32.1. The zero-order chi connectivity index (χ0) is 37.0. The number of morpholine rings is 1. The minimum atomic E-state index is -0.998. The third-order valence-corrected chi connectivity index (χ3v) is 10.3. The predicted octanol–water partition coefficient (Wildman–Crippen LogP) is 5.21. The average molecular weight is 753 g/mol. The second-order valence-electron chi connectivity index (χ2n) is 13.2. The fourth-order valence-corrected chi connectivity index (χ4v) is 7.35. The Morgan fingerprint density at radius 2 is 1.70 bits per heavy atom. The van der Waals surface area contributed by atoms with E-state index in [4.69, 9.17) is 9.47 Å². The monoisotopic (exact) mass is 752 g/mol. The molecule has 0 aliphatic carbocycles. The molecule has 16 heteroatoms. The normalized spacial score (nSPS) is 16.3. The summed E-state index contributed by atoms with van der Waals surface area (Å²) in [5.74, 6) is -2.94. The van der Waals surface area contributed by atoms with Crippen LogP contribution >= 0.6 is 11.3 Å². The Kier molecular flexibility index (Phi) is 13.7. The van der Waals surface area contributed by atoms with E-state index in [-0.39, 0.29) is 31.1 Å². The third-order valence-electron chi connectivity index (χ3n) is 9.42. The van der Waals surface area contributed by atoms with Gasteiger partial charge in [0.25, 0.3) is 11.5 Å². The summed E-state index contributed by atoms with van der Waals surface area (Å²) in [7, 11) is 0. The number of thiazole rings is 1. The van der Waals surface area contributed by atoms with Crippen molar-refractivity contribution in [2.45, 2.75) is 70.3 Å². The van der Waals surface area contributed by atoms with Crippen LogP contribution in [-0.2, 0) is 14.3 Å². The first kappa shape index (κ1) is 38.2. The molecule has 0 radical (unpaired) electrons. The number of unbranched alkanes of at least 4 members (excludes halogenated alkanes) is 7. The van der Waals surface area contributed by atoms with Crippen LogP contribution in [0.15, 0.2) is 40.5 Å². The van der Waals surface area contributed by atoms with Gasteiger partial charge in [-0.15, -0.1) is 16.4 Å². The largest absolute Gasteiger partial charge is 0.488 e. The summed E-state index contributed by atoms with van der Waals surface area (Å²) in [6.45, 7) is 5.11. The first-order valence-electron chi connectivity index (χ1n) is 18.5. The van der Waals surface area contributed by atoms with E-state index in [2.05, 4.69) is 36.1 Å². The Hall–Kier alpha value is -4.54. The third kappa shape index (κ3) is 10.1. The number of hydrogen-bond donors (Lipinski definition) is 3. The highest BCUT2D eigenvalue weighted by molar-refractivity contribution is 7.14. The molecular formula is C37H46F2N8O5S. The molecule has 2 amide bonds. The smallest absolute Gasteiger partial charge is 0.278 e. The van der Waals surface area contributed by atoms with Crippen molar-refractivity contribution >= 4 is 44.9 Å². The maximum absolute atomic E-state index is 14.8. The Labute approximate surface area is 310 Å². The van der Waals surface area contributed by atoms with Gasteiger partial charge >= 0.3 is 0 Å². The number of halogens is 2. The molecule has 13 nitrogen and oxygen atoms in total. The van der Waals surface area contributed by atoms with Gasteiger partial charge in [0.2, 0.25) is 11.7 Å². The molecule has 2 aromatic heterocycles. The summed E-state index contributed by atoms with van der Waals surface area (Å²) in [5.41, 5.74) is 1.86. The highest BCUT2D eigenvalue weighted by Crippen LogP contribution is 2.36. The quantitative estimate of drug-likeness (QED) is 0.0856. The Bertz CT molecular complexity index is 1920. The topological polar surface area (TPSA) is 153 Å². The number of benzene rings is 2. The molecule has 1 atom stereocenters. The summed E-state index contributed by atoms with van der Waals surface area (Å²) in [6, 6.07) is 7.12. The molecule has 2 aliphatic rings. The van der Waals surface area contributed by atoms with Crippen molar-refractivity contribution in [3.05, 3.63) is 57.7 Å². The lowest BCUT2D eigenvalue weighted by atomic mass is 10.1. The van der Waals surface area contributed by atoms with Crippen LogP contribution in [-0.4, -0.2) is 84.3 Å². The first-order valence-corrected chi connectivity index (χ1v) is 19.3. The predicted molar refractivity (Wildman–Crippen MR) is 200 cm³/mol. The SMILES string of the molecule is O=C1CCC(n2nnc3ccc(NCCCCCCCCCCNCCOc4c(-c5csc(N6CCOCC6)n5)ccc(F)c4F)cc3c2=O)C(=O)N1. The van der Waals surface area contributed by atoms with Crippen LogP contribution in [0.25, 0.3) is 22.2 Å². The van der Waals surface area contributed by atoms with Gasteiger partial charge in [0.1, 0.15) is 18.2 Å². The average Bonchev–Trinajstić information content (AvgIpc) is 3.66. The summed E-state index contributed by atoms with van der Waals surface area (Å²) in [4.78, 5) is 43.6. The number of ether oxygens (including phenoxy) is 2. The molecule has 4 aromatic rings. The molecule has 3 N–H and O–H groups in total. The highest BCUT2D eigenvalue weighted by Gasteiger charge is 2.30. The van der Waals surface area contributed by atoms with Crippen LogP contribution in [0.3, 0.4) is 0 Å². The van der Waals surface area contributed by atoms with Gasteiger partial charge in [-0.25, -0.2) is 9.37 Å². The first-order chi connectivity index (χ1) is 25.9. The van der Waals surface area contributed by atoms with Crippen molar-refractivity contribution in [3.63, 3.8) is 0 Å². The minimum absolute atomic E-state index is 0.107. The molecule has 6 rings (SSSR count). The number of carbonyl (C=O) groups is 2. The van der Waals surface area contributed by atoms with Gasteiger partial charge in [0, 0.05) is 49.2 Å². The number of carbonyl (C=O) groups excluding carboxylic acids is 2. The molecular weight excluding hydrogens is 707 g/mol. The summed E-state index contributed by atoms with van der Waals surface area (Å²) in [5, 5.41) is 20.1. The van der Waals surface area contributed by atoms with Gasteiger partial charge in [-0.3, -0.25) is 19.7 Å². The number of fused-ring (bicyclic) bond motifs is 1. The zero-order valence-electron chi connectivity index (χ0n) is 29.7. The van der Waals surface area contributed by atoms with Crippen molar-refractivity contribution in [1.82, 2.24) is 30.6 Å². The van der Waals surface area contributed by atoms with E-state index in [1.54, 1.807) is 12.1 Å². The number of nitrogens with zero attached hydrogens (tertiary/aromatic N) is 5. The van der Waals surface area contributed by atoms with E-state index in [0.717, 1.165) is 86.3 Å². The number of imide groups is 1. The standard InChI is InChI=1S/C37H46F2N8O5S/c38-28-11-10-26(30-24-53-37(42-30)46-18-21-51-22-19-46)34(33(28)39)52-20-17-40-15-7-5-3-1-2-4-6-8-16-41-25-9-12-29-27(23-25)36(50)47(45-44-29)31-13-14-32(48)43-35(31)49/h9-12,23-24,31,40-41H,1-8,13-22H2,(H,43,48,49). The molecule has 0 bridgehead atoms. The Morgan fingerprint density at radius 3 is 2.47 bits per heavy atom. The van der Waals surface area contributed by atoms with E-state index in [9.17, 15) is 23.2 Å². The summed E-state index contributed by atoms with van der Waals surface area (Å²) < 4.78 is 41.1. The summed E-state index contributed by atoms with van der Waals surface area (Å²) in [6.07, 6.45) is 9.26. The minimum Gasteiger partial charge on any atom is -0.488 e. The van der Waals surface area contributed by atoms with E-state index >= 15 is 0 Å². The second-order valence-corrected chi connectivity index (χ2v) is 14.1. The van der Waals surface area contributed by atoms with Gasteiger partial charge < -0.3 is 25.0 Å². The number of piperidine rings is 1. The lowest BCUT2D eigenvalue weighted by molar-refractivity contribution is -0.136. The molecule has 4 heterocycles. The van der Waals surface area contributed by atoms with Crippen molar-refractivity contribution in [1.29, 1.82) is 0 Å². The maximum Gasteiger partial charge on any atom is 0.278 e. The Morgan fingerprint density at radius 1 is 0.943 bits per heavy atom. The van der Waals surface area contributed by atoms with Crippen LogP contribution < -0.4 is 31.1 Å². The number of amides is 2. The number of anilines is 2. The van der Waals surface area contributed by atoms with E-state index in [1.807, 2.05) is 11.4 Å². The molecule has 2 aliphatic heterocycles. The van der Waals surface area contributed by atoms with Gasteiger partial charge in [-0.2, -0.15) is 9.07 Å².